The van der Waals surface area contributed by atoms with Crippen LogP contribution in [0, 0.1) is 12.8 Å². The Balaban J connectivity index is 1.74. The molecule has 2 aromatic rings. The van der Waals surface area contributed by atoms with Gasteiger partial charge in [0.2, 0.25) is 5.91 Å². The molecule has 2 amide bonds. The van der Waals surface area contributed by atoms with Gasteiger partial charge in [0, 0.05) is 20.0 Å². The number of anilines is 1. The van der Waals surface area contributed by atoms with E-state index in [4.69, 9.17) is 11.6 Å². The number of aromatic nitrogens is 2. The Morgan fingerprint density at radius 1 is 1.40 bits per heavy atom. The first kappa shape index (κ1) is 17.5. The zero-order valence-corrected chi connectivity index (χ0v) is 15.1. The third-order valence-corrected chi connectivity index (χ3v) is 4.75. The number of hydrogen-bond acceptors (Lipinski definition) is 3. The molecule has 0 saturated heterocycles. The normalized spacial score (nSPS) is 16.2. The fourth-order valence-corrected chi connectivity index (χ4v) is 3.34. The van der Waals surface area contributed by atoms with Crippen molar-refractivity contribution in [3.05, 3.63) is 46.2 Å². The highest BCUT2D eigenvalue weighted by atomic mass is 35.5. The monoisotopic (exact) mass is 360 g/mol. The highest BCUT2D eigenvalue weighted by Gasteiger charge is 2.25. The Labute approximate surface area is 151 Å². The highest BCUT2D eigenvalue weighted by Crippen LogP contribution is 2.26. The number of rotatable bonds is 4. The Kier molecular flexibility index (Phi) is 5.08. The second-order valence-corrected chi connectivity index (χ2v) is 6.87. The van der Waals surface area contributed by atoms with E-state index in [-0.39, 0.29) is 11.8 Å². The highest BCUT2D eigenvalue weighted by molar-refractivity contribution is 6.34. The molecule has 1 aliphatic rings. The van der Waals surface area contributed by atoms with Crippen LogP contribution >= 0.6 is 11.6 Å². The van der Waals surface area contributed by atoms with Gasteiger partial charge in [-0.25, -0.2) is 0 Å². The molecule has 7 heteroatoms. The molecule has 6 nitrogen and oxygen atoms in total. The molecule has 0 radical (unpaired) electrons. The number of benzene rings is 1. The molecule has 0 fully saturated rings. The molecule has 1 aromatic carbocycles. The van der Waals surface area contributed by atoms with Gasteiger partial charge in [-0.1, -0.05) is 17.7 Å². The standard InChI is InChI=1S/C18H21ClN4O2/c1-11-3-4-16(15(19)7-11)22-18(25)14-10-21-23-6-5-13(8-17(14)23)9-20-12(2)24/h3-4,7,10,13H,5-6,8-9H2,1-2H3,(H,20,24)(H,22,25). The minimum atomic E-state index is -0.216. The van der Waals surface area contributed by atoms with E-state index in [9.17, 15) is 9.59 Å². The van der Waals surface area contributed by atoms with Crippen molar-refractivity contribution >= 4 is 29.1 Å². The lowest BCUT2D eigenvalue weighted by molar-refractivity contribution is -0.119. The van der Waals surface area contributed by atoms with E-state index in [1.54, 1.807) is 12.3 Å². The van der Waals surface area contributed by atoms with Gasteiger partial charge in [0.05, 0.1) is 28.2 Å². The Bertz CT molecular complexity index is 815. The SMILES string of the molecule is CC(=O)NCC1CCn2ncc(C(=O)Nc3ccc(C)cc3Cl)c2C1. The lowest BCUT2D eigenvalue weighted by Crippen LogP contribution is -2.32. The maximum Gasteiger partial charge on any atom is 0.259 e. The number of nitrogens with zero attached hydrogens (tertiary/aromatic N) is 2. The summed E-state index contributed by atoms with van der Waals surface area (Å²) in [5.41, 5.74) is 3.08. The number of aryl methyl sites for hydroxylation is 2. The van der Waals surface area contributed by atoms with Crippen molar-refractivity contribution in [1.82, 2.24) is 15.1 Å². The number of nitrogens with one attached hydrogen (secondary N) is 2. The van der Waals surface area contributed by atoms with E-state index < -0.39 is 0 Å². The van der Waals surface area contributed by atoms with Crippen LogP contribution in [0.3, 0.4) is 0 Å². The predicted octanol–water partition coefficient (Wildman–Crippen LogP) is 2.80. The van der Waals surface area contributed by atoms with Crippen LogP contribution in [0.4, 0.5) is 5.69 Å². The molecule has 3 rings (SSSR count). The number of hydrogen-bond donors (Lipinski definition) is 2. The van der Waals surface area contributed by atoms with E-state index in [2.05, 4.69) is 15.7 Å². The van der Waals surface area contributed by atoms with Gasteiger partial charge in [-0.2, -0.15) is 5.10 Å². The molecular weight excluding hydrogens is 340 g/mol. The van der Waals surface area contributed by atoms with Gasteiger partial charge in [-0.15, -0.1) is 0 Å². The molecule has 1 aliphatic heterocycles. The van der Waals surface area contributed by atoms with Gasteiger partial charge in [0.15, 0.2) is 0 Å². The summed E-state index contributed by atoms with van der Waals surface area (Å²) in [6.07, 6.45) is 3.25. The molecule has 0 bridgehead atoms. The number of carbonyl (C=O) groups excluding carboxylic acids is 2. The number of fused-ring (bicyclic) bond motifs is 1. The first-order valence-electron chi connectivity index (χ1n) is 8.30. The van der Waals surface area contributed by atoms with Crippen molar-refractivity contribution in [2.24, 2.45) is 5.92 Å². The van der Waals surface area contributed by atoms with Crippen LogP contribution < -0.4 is 10.6 Å². The molecule has 1 unspecified atom stereocenters. The summed E-state index contributed by atoms with van der Waals surface area (Å²) >= 11 is 6.20. The van der Waals surface area contributed by atoms with Crippen LogP contribution in [0.15, 0.2) is 24.4 Å². The van der Waals surface area contributed by atoms with E-state index >= 15 is 0 Å². The van der Waals surface area contributed by atoms with Crippen LogP contribution in [0.1, 0.15) is 35.0 Å². The lowest BCUT2D eigenvalue weighted by atomic mass is 9.94. The fourth-order valence-electron chi connectivity index (χ4n) is 3.06. The third kappa shape index (κ3) is 4.02. The van der Waals surface area contributed by atoms with Gasteiger partial charge in [0.25, 0.3) is 5.91 Å². The van der Waals surface area contributed by atoms with Crippen LogP contribution in [0.5, 0.6) is 0 Å². The van der Waals surface area contributed by atoms with Gasteiger partial charge < -0.3 is 10.6 Å². The van der Waals surface area contributed by atoms with E-state index in [1.807, 2.05) is 23.7 Å². The Hall–Kier alpha value is -2.34. The summed E-state index contributed by atoms with van der Waals surface area (Å²) < 4.78 is 1.87. The summed E-state index contributed by atoms with van der Waals surface area (Å²) in [5, 5.41) is 10.5. The quantitative estimate of drug-likeness (QED) is 0.880. The molecule has 1 atom stereocenters. The summed E-state index contributed by atoms with van der Waals surface area (Å²) in [6, 6.07) is 5.51. The largest absolute Gasteiger partial charge is 0.356 e. The second kappa shape index (κ2) is 7.27. The van der Waals surface area contributed by atoms with Gasteiger partial charge in [-0.05, 0) is 43.4 Å². The first-order valence-corrected chi connectivity index (χ1v) is 8.68. The fraction of sp³-hybridized carbons (Fsp3) is 0.389. The van der Waals surface area contributed by atoms with E-state index in [0.29, 0.717) is 35.2 Å². The first-order chi connectivity index (χ1) is 11.9. The van der Waals surface area contributed by atoms with E-state index in [0.717, 1.165) is 24.2 Å². The average Bonchev–Trinajstić information content (AvgIpc) is 2.98. The summed E-state index contributed by atoms with van der Waals surface area (Å²) in [7, 11) is 0. The molecule has 132 valence electrons. The zero-order chi connectivity index (χ0) is 18.0. The van der Waals surface area contributed by atoms with Crippen molar-refractivity contribution in [3.8, 4) is 0 Å². The number of carbonyl (C=O) groups is 2. The minimum absolute atomic E-state index is 0.0361. The van der Waals surface area contributed by atoms with Crippen molar-refractivity contribution in [1.29, 1.82) is 0 Å². The molecule has 0 aliphatic carbocycles. The maximum absolute atomic E-state index is 12.7. The van der Waals surface area contributed by atoms with Crippen molar-refractivity contribution in [3.63, 3.8) is 0 Å². The Morgan fingerprint density at radius 3 is 2.92 bits per heavy atom. The number of halogens is 1. The molecule has 0 saturated carbocycles. The topological polar surface area (TPSA) is 76.0 Å². The van der Waals surface area contributed by atoms with Crippen LogP contribution in [-0.2, 0) is 17.8 Å². The molecule has 25 heavy (non-hydrogen) atoms. The van der Waals surface area contributed by atoms with E-state index in [1.165, 1.54) is 6.92 Å². The molecule has 1 aromatic heterocycles. The van der Waals surface area contributed by atoms with Crippen molar-refractivity contribution < 1.29 is 9.59 Å². The molecule has 0 spiro atoms. The molecule has 2 heterocycles. The summed E-state index contributed by atoms with van der Waals surface area (Å²) in [5.74, 6) is 0.0563. The lowest BCUT2D eigenvalue weighted by Gasteiger charge is -2.24. The maximum atomic E-state index is 12.7. The van der Waals surface area contributed by atoms with Crippen molar-refractivity contribution in [2.45, 2.75) is 33.2 Å². The second-order valence-electron chi connectivity index (χ2n) is 6.46. The minimum Gasteiger partial charge on any atom is -0.356 e. The molecule has 2 N–H and O–H groups in total. The van der Waals surface area contributed by atoms with Gasteiger partial charge >= 0.3 is 0 Å². The third-order valence-electron chi connectivity index (χ3n) is 4.44. The smallest absolute Gasteiger partial charge is 0.259 e. The number of amides is 2. The van der Waals surface area contributed by atoms with Crippen LogP contribution in [0.2, 0.25) is 5.02 Å². The summed E-state index contributed by atoms with van der Waals surface area (Å²) in [6.45, 7) is 4.82. The van der Waals surface area contributed by atoms with Crippen molar-refractivity contribution in [2.75, 3.05) is 11.9 Å². The van der Waals surface area contributed by atoms with Crippen LogP contribution in [-0.4, -0.2) is 28.1 Å². The zero-order valence-electron chi connectivity index (χ0n) is 14.3. The van der Waals surface area contributed by atoms with Gasteiger partial charge in [-0.3, -0.25) is 14.3 Å². The summed E-state index contributed by atoms with van der Waals surface area (Å²) in [4.78, 5) is 23.8. The van der Waals surface area contributed by atoms with Crippen LogP contribution in [0.25, 0.3) is 0 Å². The average molecular weight is 361 g/mol. The molecular formula is C18H21ClN4O2. The predicted molar refractivity (Wildman–Crippen MR) is 96.9 cm³/mol. The Morgan fingerprint density at radius 2 is 2.20 bits per heavy atom. The van der Waals surface area contributed by atoms with Gasteiger partial charge in [0.1, 0.15) is 0 Å².